The smallest absolute Gasteiger partial charge is 0.259 e. The van der Waals surface area contributed by atoms with Crippen LogP contribution in [-0.4, -0.2) is 127 Å². The summed E-state index contributed by atoms with van der Waals surface area (Å²) in [5.41, 5.74) is 0.390. The fourth-order valence-corrected chi connectivity index (χ4v) is 10.7. The Morgan fingerprint density at radius 1 is 1.15 bits per heavy atom. The molecule has 5 aliphatic rings. The molecule has 5 heterocycles. The van der Waals surface area contributed by atoms with E-state index in [9.17, 15) is 22.8 Å². The van der Waals surface area contributed by atoms with Gasteiger partial charge in [0.2, 0.25) is 15.9 Å². The predicted octanol–water partition coefficient (Wildman–Crippen LogP) is 4.29. The Kier molecular flexibility index (Phi) is 11.7. The zero-order chi connectivity index (χ0) is 41.8. The minimum absolute atomic E-state index is 0.0671. The number of ether oxygens (including phenoxy) is 4. The highest BCUT2D eigenvalue weighted by molar-refractivity contribution is 7.91. The zero-order valence-electron chi connectivity index (χ0n) is 33.6. The second-order valence-electron chi connectivity index (χ2n) is 16.7. The molecule has 2 saturated carbocycles. The number of carbonyl (C=O) groups excluding carboxylic acids is 3. The molecule has 0 radical (unpaired) electrons. The second-order valence-corrected chi connectivity index (χ2v) is 19.9. The van der Waals surface area contributed by atoms with Crippen molar-refractivity contribution < 1.29 is 41.7 Å². The number of thiazole rings is 1. The van der Waals surface area contributed by atoms with Crippen LogP contribution in [0.4, 0.5) is 0 Å². The lowest BCUT2D eigenvalue weighted by atomic mass is 10.0. The molecule has 3 aliphatic heterocycles. The number of amides is 3. The van der Waals surface area contributed by atoms with Crippen molar-refractivity contribution in [1.29, 1.82) is 0 Å². The fourth-order valence-electron chi connectivity index (χ4n) is 8.15. The minimum Gasteiger partial charge on any atom is -0.491 e. The fraction of sp³-hybridized carbons (Fsp3) is 0.585. The number of nitrogens with one attached hydrogen (secondary N) is 2. The third-order valence-corrected chi connectivity index (χ3v) is 15.0. The number of sulfonamides is 1. The molecule has 0 unspecified atom stereocenters. The third kappa shape index (κ3) is 8.30. The lowest BCUT2D eigenvalue weighted by Gasteiger charge is -2.40. The lowest BCUT2D eigenvalue weighted by molar-refractivity contribution is -0.167. The highest BCUT2D eigenvalue weighted by Gasteiger charge is 2.63. The molecule has 59 heavy (non-hydrogen) atoms. The van der Waals surface area contributed by atoms with E-state index in [2.05, 4.69) is 35.4 Å². The monoisotopic (exact) mass is 870 g/mol. The summed E-state index contributed by atoms with van der Waals surface area (Å²) < 4.78 is 52.4. The summed E-state index contributed by atoms with van der Waals surface area (Å²) in [5.74, 6) is -1.34. The largest absolute Gasteiger partial charge is 0.491 e. The molecular weight excluding hydrogens is 820 g/mol. The molecule has 1 aromatic carbocycles. The first-order chi connectivity index (χ1) is 28.2. The van der Waals surface area contributed by atoms with Gasteiger partial charge < -0.3 is 29.2 Å². The van der Waals surface area contributed by atoms with Gasteiger partial charge in [0.1, 0.15) is 57.6 Å². The number of hydrogen-bond acceptors (Lipinski definition) is 13. The summed E-state index contributed by atoms with van der Waals surface area (Å²) in [7, 11) is -3.88. The van der Waals surface area contributed by atoms with Gasteiger partial charge in [-0.15, -0.1) is 17.9 Å². The average molecular weight is 871 g/mol. The van der Waals surface area contributed by atoms with E-state index in [1.54, 1.807) is 12.1 Å². The van der Waals surface area contributed by atoms with Crippen LogP contribution in [0.15, 0.2) is 36.2 Å². The molecule has 3 saturated heterocycles. The average Bonchev–Trinajstić information content (AvgIpc) is 4.10. The summed E-state index contributed by atoms with van der Waals surface area (Å²) in [4.78, 5) is 55.8. The number of rotatable bonds is 15. The predicted molar refractivity (Wildman–Crippen MR) is 222 cm³/mol. The molecular formula is C41H51ClN6O9S2. The van der Waals surface area contributed by atoms with Crippen LogP contribution in [-0.2, 0) is 33.9 Å². The van der Waals surface area contributed by atoms with Crippen LogP contribution in [0.2, 0.25) is 5.02 Å². The first-order valence-electron chi connectivity index (χ1n) is 20.3. The number of morpholine rings is 2. The molecule has 3 aromatic rings. The van der Waals surface area contributed by atoms with Crippen molar-refractivity contribution >= 4 is 61.6 Å². The van der Waals surface area contributed by atoms with Gasteiger partial charge in [-0.3, -0.25) is 24.0 Å². The van der Waals surface area contributed by atoms with Gasteiger partial charge in [0.15, 0.2) is 0 Å². The molecule has 3 amide bonds. The molecule has 318 valence electrons. The Bertz CT molecular complexity index is 2240. The Balaban J connectivity index is 1.11. The Labute approximate surface area is 353 Å². The van der Waals surface area contributed by atoms with Crippen molar-refractivity contribution in [1.82, 2.24) is 29.8 Å². The number of nitrogens with zero attached hydrogens (tertiary/aromatic N) is 4. The summed E-state index contributed by atoms with van der Waals surface area (Å²) in [6, 6.07) is 3.72. The maximum atomic E-state index is 14.4. The molecule has 5 fully saturated rings. The van der Waals surface area contributed by atoms with Gasteiger partial charge in [-0.25, -0.2) is 18.4 Å². The van der Waals surface area contributed by atoms with Crippen molar-refractivity contribution in [2.24, 2.45) is 11.8 Å². The number of pyridine rings is 1. The van der Waals surface area contributed by atoms with Crippen molar-refractivity contribution in [3.63, 3.8) is 0 Å². The Hall–Kier alpha value is -3.87. The van der Waals surface area contributed by atoms with E-state index >= 15 is 0 Å². The quantitative estimate of drug-likeness (QED) is 0.208. The van der Waals surface area contributed by atoms with Crippen molar-refractivity contribution in [3.05, 3.63) is 47.0 Å². The zero-order valence-corrected chi connectivity index (χ0v) is 36.0. The topological polar surface area (TPSA) is 179 Å². The summed E-state index contributed by atoms with van der Waals surface area (Å²) >= 11 is 8.55. The number of fused-ring (bicyclic) bond motifs is 2. The minimum atomic E-state index is -3.88. The molecule has 0 spiro atoms. The Morgan fingerprint density at radius 3 is 2.58 bits per heavy atom. The van der Waals surface area contributed by atoms with E-state index in [-0.39, 0.29) is 37.2 Å². The maximum absolute atomic E-state index is 14.4. The first kappa shape index (κ1) is 41.8. The normalized spacial score (nSPS) is 27.2. The molecule has 15 nitrogen and oxygen atoms in total. The van der Waals surface area contributed by atoms with Gasteiger partial charge in [0.05, 0.1) is 42.3 Å². The van der Waals surface area contributed by atoms with Crippen LogP contribution in [0.5, 0.6) is 11.5 Å². The SMILES string of the molecule is C=C[C@@H]1C[C@]1(NC(=O)[C@@H]1C[C@@H](Oc2cc(-c3nc(C(C)C)cs3)nc3c(Cl)c(OCCN4CCOCC4)ccc23)[C@H]2CO[C@@H](C(C)C)C(=O)N21)C(=O)NS(=O)(=O)C1CC1. The van der Waals surface area contributed by atoms with E-state index in [4.69, 9.17) is 40.5 Å². The number of benzene rings is 1. The van der Waals surface area contributed by atoms with Crippen LogP contribution in [0.3, 0.4) is 0 Å². The van der Waals surface area contributed by atoms with E-state index in [0.717, 1.165) is 18.8 Å². The number of carbonyl (C=O) groups is 3. The molecule has 6 atom stereocenters. The van der Waals surface area contributed by atoms with Crippen molar-refractivity contribution in [2.45, 2.75) is 94.4 Å². The van der Waals surface area contributed by atoms with Gasteiger partial charge in [-0.05, 0) is 43.2 Å². The van der Waals surface area contributed by atoms with E-state index in [1.165, 1.54) is 22.3 Å². The summed E-state index contributed by atoms with van der Waals surface area (Å²) in [6.45, 7) is 16.0. The van der Waals surface area contributed by atoms with Crippen LogP contribution >= 0.6 is 22.9 Å². The molecule has 0 bridgehead atoms. The maximum Gasteiger partial charge on any atom is 0.259 e. The van der Waals surface area contributed by atoms with Crippen LogP contribution < -0.4 is 19.5 Å². The van der Waals surface area contributed by atoms with Gasteiger partial charge in [-0.2, -0.15) is 0 Å². The molecule has 2 N–H and O–H groups in total. The molecule has 2 aromatic heterocycles. The van der Waals surface area contributed by atoms with Gasteiger partial charge in [0, 0.05) is 48.8 Å². The van der Waals surface area contributed by atoms with Crippen molar-refractivity contribution in [2.75, 3.05) is 46.1 Å². The van der Waals surface area contributed by atoms with E-state index in [0.29, 0.717) is 77.3 Å². The van der Waals surface area contributed by atoms with Gasteiger partial charge in [-0.1, -0.05) is 45.4 Å². The van der Waals surface area contributed by atoms with Gasteiger partial charge >= 0.3 is 0 Å². The summed E-state index contributed by atoms with van der Waals surface area (Å²) in [6.07, 6.45) is 1.20. The van der Waals surface area contributed by atoms with Gasteiger partial charge in [0.25, 0.3) is 11.8 Å². The van der Waals surface area contributed by atoms with E-state index in [1.807, 2.05) is 25.3 Å². The molecule has 8 rings (SSSR count). The number of hydrogen-bond donors (Lipinski definition) is 2. The highest BCUT2D eigenvalue weighted by Crippen LogP contribution is 2.46. The highest BCUT2D eigenvalue weighted by atomic mass is 35.5. The van der Waals surface area contributed by atoms with Crippen LogP contribution in [0, 0.1) is 11.8 Å². The lowest BCUT2D eigenvalue weighted by Crippen LogP contribution is -2.61. The number of halogens is 1. The standard InChI is InChI=1S/C41H51ClN6O9S2/c1-6-24-19-41(24,40(51)46-59(52,53)25-7-8-25)45-37(49)29-18-33(30-20-56-36(23(4)5)39(50)48(29)30)57-32-17-27(38-44-28(21-58-38)22(2)3)43-35-26(32)9-10-31(34(35)42)55-16-13-47-11-14-54-15-12-47/h6,9-10,17,21-25,29-30,33,36H,1,7-8,11-16,18-20H2,2-5H3,(H,45,49)(H,46,51)/t24-,29+,30-,33-,36+,41-/m1/s1. The molecule has 18 heteroatoms. The summed E-state index contributed by atoms with van der Waals surface area (Å²) in [5, 5.41) is 5.82. The first-order valence-corrected chi connectivity index (χ1v) is 23.1. The van der Waals surface area contributed by atoms with E-state index < -0.39 is 62.8 Å². The number of aromatic nitrogens is 2. The third-order valence-electron chi connectivity index (χ3n) is 11.9. The Morgan fingerprint density at radius 2 is 1.92 bits per heavy atom. The van der Waals surface area contributed by atoms with Crippen LogP contribution in [0.25, 0.3) is 21.6 Å². The second kappa shape index (κ2) is 16.5. The van der Waals surface area contributed by atoms with Crippen LogP contribution in [0.1, 0.15) is 65.0 Å². The molecule has 2 aliphatic carbocycles. The van der Waals surface area contributed by atoms with Crippen molar-refractivity contribution in [3.8, 4) is 22.2 Å².